The van der Waals surface area contributed by atoms with Crippen molar-refractivity contribution in [3.05, 3.63) is 19.9 Å². The second-order valence-corrected chi connectivity index (χ2v) is 7.49. The molecule has 1 saturated carbocycles. The van der Waals surface area contributed by atoms with Crippen molar-refractivity contribution in [2.75, 3.05) is 7.11 Å². The summed E-state index contributed by atoms with van der Waals surface area (Å²) < 4.78 is 5.86. The molecule has 1 fully saturated rings. The Labute approximate surface area is 130 Å². The zero-order chi connectivity index (χ0) is 13.8. The minimum Gasteiger partial charge on any atom is -0.469 e. The predicted octanol–water partition coefficient (Wildman–Crippen LogP) is 2.81. The van der Waals surface area contributed by atoms with Crippen molar-refractivity contribution in [2.45, 2.75) is 31.7 Å². The van der Waals surface area contributed by atoms with Crippen LogP contribution < -0.4 is 5.32 Å². The highest BCUT2D eigenvalue weighted by Crippen LogP contribution is 2.25. The van der Waals surface area contributed by atoms with Crippen molar-refractivity contribution in [2.24, 2.45) is 5.92 Å². The first-order valence-electron chi connectivity index (χ1n) is 6.23. The number of rotatable bonds is 3. The molecule has 0 atom stereocenters. The Morgan fingerprint density at radius 2 is 2.05 bits per heavy atom. The summed E-state index contributed by atoms with van der Waals surface area (Å²) in [5.41, 5.74) is 0.726. The molecule has 0 spiro atoms. The van der Waals surface area contributed by atoms with Crippen molar-refractivity contribution < 1.29 is 14.3 Å². The average molecular weight is 393 g/mol. The summed E-state index contributed by atoms with van der Waals surface area (Å²) in [4.78, 5) is 23.4. The number of halogens is 1. The third-order valence-corrected chi connectivity index (χ3v) is 5.22. The molecule has 1 aliphatic carbocycles. The normalized spacial score (nSPS) is 22.8. The number of amides is 1. The van der Waals surface area contributed by atoms with Crippen LogP contribution in [0.5, 0.6) is 0 Å². The fourth-order valence-corrected chi connectivity index (χ4v) is 3.66. The van der Waals surface area contributed by atoms with E-state index in [1.165, 1.54) is 7.11 Å². The van der Waals surface area contributed by atoms with Gasteiger partial charge in [-0.3, -0.25) is 9.59 Å². The minimum absolute atomic E-state index is 0.000230. The minimum atomic E-state index is -0.128. The first kappa shape index (κ1) is 14.8. The molecule has 1 aromatic heterocycles. The summed E-state index contributed by atoms with van der Waals surface area (Å²) >= 11 is 3.77. The van der Waals surface area contributed by atoms with Crippen LogP contribution in [0.1, 0.15) is 36.0 Å². The van der Waals surface area contributed by atoms with Crippen LogP contribution in [0, 0.1) is 8.80 Å². The topological polar surface area (TPSA) is 55.4 Å². The number of carbonyl (C=O) groups is 2. The number of esters is 1. The van der Waals surface area contributed by atoms with Crippen molar-refractivity contribution >= 4 is 45.8 Å². The lowest BCUT2D eigenvalue weighted by atomic mass is 9.86. The van der Waals surface area contributed by atoms with Gasteiger partial charge in [0, 0.05) is 11.4 Å². The van der Waals surface area contributed by atoms with E-state index in [4.69, 9.17) is 4.74 Å². The highest BCUT2D eigenvalue weighted by atomic mass is 127. The lowest BCUT2D eigenvalue weighted by Crippen LogP contribution is -2.38. The van der Waals surface area contributed by atoms with E-state index in [0.717, 1.165) is 34.1 Å². The molecule has 2 rings (SSSR count). The van der Waals surface area contributed by atoms with Gasteiger partial charge in [-0.25, -0.2) is 0 Å². The van der Waals surface area contributed by atoms with Crippen LogP contribution in [-0.2, 0) is 9.53 Å². The maximum atomic E-state index is 12.0. The molecule has 0 saturated heterocycles. The number of hydrogen-bond acceptors (Lipinski definition) is 4. The standard InChI is InChI=1S/C13H16INO3S/c1-18-13(17)8-2-4-10(5-3-8)15-12(16)9-6-11(14)19-7-9/h6-8,10H,2-5H2,1H3,(H,15,16). The molecule has 1 aromatic rings. The van der Waals surface area contributed by atoms with E-state index in [9.17, 15) is 9.59 Å². The van der Waals surface area contributed by atoms with Crippen LogP contribution in [0.3, 0.4) is 0 Å². The molecule has 1 aliphatic rings. The highest BCUT2D eigenvalue weighted by Gasteiger charge is 2.27. The van der Waals surface area contributed by atoms with Gasteiger partial charge in [0.25, 0.3) is 5.91 Å². The summed E-state index contributed by atoms with van der Waals surface area (Å²) in [6, 6.07) is 2.06. The Morgan fingerprint density at radius 3 is 2.58 bits per heavy atom. The molecule has 0 aliphatic heterocycles. The van der Waals surface area contributed by atoms with Crippen molar-refractivity contribution in [3.8, 4) is 0 Å². The van der Waals surface area contributed by atoms with Gasteiger partial charge in [-0.1, -0.05) is 0 Å². The summed E-state index contributed by atoms with van der Waals surface area (Å²) in [6.07, 6.45) is 3.26. The molecule has 1 amide bonds. The number of nitrogens with one attached hydrogen (secondary N) is 1. The van der Waals surface area contributed by atoms with E-state index in [1.54, 1.807) is 11.3 Å². The summed E-state index contributed by atoms with van der Waals surface area (Å²) in [5.74, 6) is -0.141. The van der Waals surface area contributed by atoms with Gasteiger partial charge in [-0.05, 0) is 54.3 Å². The Morgan fingerprint density at radius 1 is 1.37 bits per heavy atom. The SMILES string of the molecule is COC(=O)C1CCC(NC(=O)c2csc(I)c2)CC1. The molecule has 0 aromatic carbocycles. The maximum absolute atomic E-state index is 12.0. The van der Waals surface area contributed by atoms with Gasteiger partial charge in [-0.2, -0.15) is 0 Å². The molecule has 19 heavy (non-hydrogen) atoms. The molecule has 1 N–H and O–H groups in total. The third-order valence-electron chi connectivity index (χ3n) is 3.43. The Balaban J connectivity index is 1.82. The summed E-state index contributed by atoms with van der Waals surface area (Å²) in [7, 11) is 1.42. The largest absolute Gasteiger partial charge is 0.469 e. The van der Waals surface area contributed by atoms with Crippen LogP contribution in [0.4, 0.5) is 0 Å². The van der Waals surface area contributed by atoms with Crippen LogP contribution in [0.25, 0.3) is 0 Å². The van der Waals surface area contributed by atoms with Crippen LogP contribution in [0.2, 0.25) is 0 Å². The number of thiophene rings is 1. The van der Waals surface area contributed by atoms with Crippen LogP contribution in [-0.4, -0.2) is 25.0 Å². The molecule has 0 radical (unpaired) electrons. The third kappa shape index (κ3) is 3.92. The number of methoxy groups -OCH3 is 1. The monoisotopic (exact) mass is 393 g/mol. The molecular weight excluding hydrogens is 377 g/mol. The van der Waals surface area contributed by atoms with Gasteiger partial charge >= 0.3 is 5.97 Å². The first-order chi connectivity index (χ1) is 9.10. The lowest BCUT2D eigenvalue weighted by Gasteiger charge is -2.27. The van der Waals surface area contributed by atoms with E-state index in [2.05, 4.69) is 27.9 Å². The van der Waals surface area contributed by atoms with E-state index < -0.39 is 0 Å². The summed E-state index contributed by atoms with van der Waals surface area (Å²) in [5, 5.41) is 4.91. The highest BCUT2D eigenvalue weighted by molar-refractivity contribution is 14.1. The summed E-state index contributed by atoms with van der Waals surface area (Å²) in [6.45, 7) is 0. The van der Waals surface area contributed by atoms with Gasteiger partial charge < -0.3 is 10.1 Å². The number of ether oxygens (including phenoxy) is 1. The quantitative estimate of drug-likeness (QED) is 0.635. The number of hydrogen-bond donors (Lipinski definition) is 1. The van der Waals surface area contributed by atoms with Crippen LogP contribution in [0.15, 0.2) is 11.4 Å². The van der Waals surface area contributed by atoms with Crippen molar-refractivity contribution in [1.82, 2.24) is 5.32 Å². The second-order valence-electron chi connectivity index (χ2n) is 4.68. The van der Waals surface area contributed by atoms with Gasteiger partial charge in [0.05, 0.1) is 21.5 Å². The fourth-order valence-electron chi connectivity index (χ4n) is 2.34. The fraction of sp³-hybridized carbons (Fsp3) is 0.538. The second kappa shape index (κ2) is 6.69. The van der Waals surface area contributed by atoms with E-state index in [1.807, 2.05) is 11.4 Å². The molecule has 104 valence electrons. The molecule has 6 heteroatoms. The Hall–Kier alpha value is -0.630. The predicted molar refractivity (Wildman–Crippen MR) is 82.3 cm³/mol. The Kier molecular flexibility index (Phi) is 5.20. The average Bonchev–Trinajstić information content (AvgIpc) is 2.85. The molecule has 0 unspecified atom stereocenters. The lowest BCUT2D eigenvalue weighted by molar-refractivity contribution is -0.146. The molecular formula is C13H16INO3S. The van der Waals surface area contributed by atoms with Crippen LogP contribution >= 0.6 is 33.9 Å². The first-order valence-corrected chi connectivity index (χ1v) is 8.18. The maximum Gasteiger partial charge on any atom is 0.308 e. The van der Waals surface area contributed by atoms with E-state index >= 15 is 0 Å². The van der Waals surface area contributed by atoms with Gasteiger partial charge in [0.1, 0.15) is 0 Å². The molecule has 4 nitrogen and oxygen atoms in total. The van der Waals surface area contributed by atoms with Crippen molar-refractivity contribution in [1.29, 1.82) is 0 Å². The van der Waals surface area contributed by atoms with E-state index in [-0.39, 0.29) is 23.8 Å². The van der Waals surface area contributed by atoms with Gasteiger partial charge in [-0.15, -0.1) is 11.3 Å². The number of carbonyl (C=O) groups excluding carboxylic acids is 2. The molecule has 1 heterocycles. The van der Waals surface area contributed by atoms with Gasteiger partial charge in [0.15, 0.2) is 0 Å². The van der Waals surface area contributed by atoms with Crippen molar-refractivity contribution in [3.63, 3.8) is 0 Å². The zero-order valence-electron chi connectivity index (χ0n) is 10.6. The van der Waals surface area contributed by atoms with Gasteiger partial charge in [0.2, 0.25) is 0 Å². The Bertz CT molecular complexity index is 466. The molecule has 0 bridgehead atoms. The smallest absolute Gasteiger partial charge is 0.308 e. The van der Waals surface area contributed by atoms with E-state index in [0.29, 0.717) is 0 Å². The zero-order valence-corrected chi connectivity index (χ0v) is 13.6.